The predicted octanol–water partition coefficient (Wildman–Crippen LogP) is 1.38. The zero-order valence-electron chi connectivity index (χ0n) is 12.9. The SMILES string of the molecule is CCNC(=O)NC(=O)CN1CCC[C@H]1COc1ccccc1. The number of hydrogen-bond acceptors (Lipinski definition) is 4. The number of benzene rings is 1. The highest BCUT2D eigenvalue weighted by atomic mass is 16.5. The molecule has 0 radical (unpaired) electrons. The van der Waals surface area contributed by atoms with Crippen LogP contribution in [-0.2, 0) is 4.79 Å². The monoisotopic (exact) mass is 305 g/mol. The summed E-state index contributed by atoms with van der Waals surface area (Å²) in [5.74, 6) is 0.554. The van der Waals surface area contributed by atoms with Gasteiger partial charge in [-0.1, -0.05) is 18.2 Å². The third-order valence-electron chi connectivity index (χ3n) is 3.62. The lowest BCUT2D eigenvalue weighted by Crippen LogP contribution is -2.46. The van der Waals surface area contributed by atoms with Crippen molar-refractivity contribution in [3.63, 3.8) is 0 Å². The fourth-order valence-electron chi connectivity index (χ4n) is 2.56. The van der Waals surface area contributed by atoms with Gasteiger partial charge in [-0.3, -0.25) is 15.0 Å². The van der Waals surface area contributed by atoms with Crippen molar-refractivity contribution in [1.82, 2.24) is 15.5 Å². The first-order valence-corrected chi connectivity index (χ1v) is 7.68. The lowest BCUT2D eigenvalue weighted by atomic mass is 10.2. The average Bonchev–Trinajstić information content (AvgIpc) is 2.93. The summed E-state index contributed by atoms with van der Waals surface area (Å²) in [6.07, 6.45) is 2.04. The second kappa shape index (κ2) is 8.38. The number of rotatable bonds is 6. The maximum Gasteiger partial charge on any atom is 0.321 e. The molecule has 120 valence electrons. The molecule has 3 amide bonds. The van der Waals surface area contributed by atoms with Gasteiger partial charge in [0.05, 0.1) is 6.54 Å². The van der Waals surface area contributed by atoms with Gasteiger partial charge in [0.15, 0.2) is 0 Å². The van der Waals surface area contributed by atoms with Crippen LogP contribution >= 0.6 is 0 Å². The maximum atomic E-state index is 11.8. The molecule has 1 fully saturated rings. The van der Waals surface area contributed by atoms with Crippen LogP contribution in [0.4, 0.5) is 4.79 Å². The van der Waals surface area contributed by atoms with Crippen molar-refractivity contribution in [3.05, 3.63) is 30.3 Å². The van der Waals surface area contributed by atoms with Crippen molar-refractivity contribution in [2.24, 2.45) is 0 Å². The van der Waals surface area contributed by atoms with Crippen molar-refractivity contribution in [2.45, 2.75) is 25.8 Å². The Labute approximate surface area is 130 Å². The zero-order chi connectivity index (χ0) is 15.8. The molecule has 1 aliphatic rings. The number of amides is 3. The summed E-state index contributed by atoms with van der Waals surface area (Å²) in [4.78, 5) is 25.2. The fraction of sp³-hybridized carbons (Fsp3) is 0.500. The molecule has 0 aliphatic carbocycles. The average molecular weight is 305 g/mol. The molecule has 1 aliphatic heterocycles. The summed E-state index contributed by atoms with van der Waals surface area (Å²) in [6.45, 7) is 3.93. The zero-order valence-corrected chi connectivity index (χ0v) is 12.9. The number of nitrogens with zero attached hydrogens (tertiary/aromatic N) is 1. The topological polar surface area (TPSA) is 70.7 Å². The van der Waals surface area contributed by atoms with Crippen LogP contribution in [0.15, 0.2) is 30.3 Å². The van der Waals surface area contributed by atoms with E-state index in [1.807, 2.05) is 37.3 Å². The van der Waals surface area contributed by atoms with Crippen LogP contribution in [0.3, 0.4) is 0 Å². The Hall–Kier alpha value is -2.08. The number of urea groups is 1. The van der Waals surface area contributed by atoms with E-state index in [1.54, 1.807) is 0 Å². The van der Waals surface area contributed by atoms with Crippen LogP contribution in [0.2, 0.25) is 0 Å². The fourth-order valence-corrected chi connectivity index (χ4v) is 2.56. The first-order chi connectivity index (χ1) is 10.7. The van der Waals surface area contributed by atoms with Crippen LogP contribution in [0.1, 0.15) is 19.8 Å². The van der Waals surface area contributed by atoms with Gasteiger partial charge in [-0.2, -0.15) is 0 Å². The molecule has 1 heterocycles. The third-order valence-corrected chi connectivity index (χ3v) is 3.62. The highest BCUT2D eigenvalue weighted by molar-refractivity contribution is 5.95. The van der Waals surface area contributed by atoms with Crippen LogP contribution in [0.5, 0.6) is 5.75 Å². The minimum absolute atomic E-state index is 0.209. The standard InChI is InChI=1S/C16H23N3O3/c1-2-17-16(21)18-15(20)11-19-10-6-7-13(19)12-22-14-8-4-3-5-9-14/h3-5,8-9,13H,2,6-7,10-12H2,1H3,(H2,17,18,20,21)/t13-/m0/s1. The lowest BCUT2D eigenvalue weighted by molar-refractivity contribution is -0.121. The van der Waals surface area contributed by atoms with E-state index in [0.717, 1.165) is 25.1 Å². The summed E-state index contributed by atoms with van der Waals surface area (Å²) in [7, 11) is 0. The number of likely N-dealkylation sites (tertiary alicyclic amines) is 1. The highest BCUT2D eigenvalue weighted by Gasteiger charge is 2.27. The summed E-state index contributed by atoms with van der Waals surface area (Å²) in [5, 5.41) is 4.88. The number of para-hydroxylation sites is 1. The number of hydrogen-bond donors (Lipinski definition) is 2. The molecule has 2 rings (SSSR count). The van der Waals surface area contributed by atoms with E-state index in [4.69, 9.17) is 4.74 Å². The molecule has 1 aromatic rings. The number of ether oxygens (including phenoxy) is 1. The molecule has 0 aromatic heterocycles. The molecule has 1 atom stereocenters. The third kappa shape index (κ3) is 5.04. The Balaban J connectivity index is 1.78. The van der Waals surface area contributed by atoms with Crippen molar-refractivity contribution < 1.29 is 14.3 Å². The molecule has 0 spiro atoms. The van der Waals surface area contributed by atoms with Crippen LogP contribution in [0.25, 0.3) is 0 Å². The molecule has 2 N–H and O–H groups in total. The second-order valence-electron chi connectivity index (χ2n) is 5.30. The molecule has 6 nitrogen and oxygen atoms in total. The summed E-state index contributed by atoms with van der Waals surface area (Å²) in [5.41, 5.74) is 0. The first kappa shape index (κ1) is 16.3. The number of nitrogens with one attached hydrogen (secondary N) is 2. The largest absolute Gasteiger partial charge is 0.492 e. The molecular weight excluding hydrogens is 282 g/mol. The Morgan fingerprint density at radius 2 is 2.09 bits per heavy atom. The van der Waals surface area contributed by atoms with Gasteiger partial charge in [0, 0.05) is 12.6 Å². The van der Waals surface area contributed by atoms with Gasteiger partial charge < -0.3 is 10.1 Å². The van der Waals surface area contributed by atoms with Gasteiger partial charge in [0.25, 0.3) is 0 Å². The first-order valence-electron chi connectivity index (χ1n) is 7.68. The van der Waals surface area contributed by atoms with Crippen molar-refractivity contribution >= 4 is 11.9 Å². The number of carbonyl (C=O) groups excluding carboxylic acids is 2. The summed E-state index contributed by atoms with van der Waals surface area (Å²) < 4.78 is 5.77. The van der Waals surface area contributed by atoms with E-state index >= 15 is 0 Å². The smallest absolute Gasteiger partial charge is 0.321 e. The molecule has 0 bridgehead atoms. The molecule has 0 saturated carbocycles. The number of carbonyl (C=O) groups is 2. The van der Waals surface area contributed by atoms with Gasteiger partial charge in [-0.15, -0.1) is 0 Å². The van der Waals surface area contributed by atoms with Crippen LogP contribution in [-0.4, -0.2) is 49.1 Å². The molecule has 6 heteroatoms. The van der Waals surface area contributed by atoms with Crippen molar-refractivity contribution in [3.8, 4) is 5.75 Å². The van der Waals surface area contributed by atoms with Crippen LogP contribution < -0.4 is 15.4 Å². The van der Waals surface area contributed by atoms with Crippen LogP contribution in [0, 0.1) is 0 Å². The maximum absolute atomic E-state index is 11.8. The summed E-state index contributed by atoms with van der Waals surface area (Å²) >= 11 is 0. The lowest BCUT2D eigenvalue weighted by Gasteiger charge is -2.23. The van der Waals surface area contributed by atoms with Gasteiger partial charge >= 0.3 is 6.03 Å². The van der Waals surface area contributed by atoms with E-state index in [2.05, 4.69) is 15.5 Å². The van der Waals surface area contributed by atoms with E-state index < -0.39 is 6.03 Å². The van der Waals surface area contributed by atoms with E-state index in [9.17, 15) is 9.59 Å². The minimum Gasteiger partial charge on any atom is -0.492 e. The Morgan fingerprint density at radius 3 is 2.82 bits per heavy atom. The van der Waals surface area contributed by atoms with Crippen molar-refractivity contribution in [1.29, 1.82) is 0 Å². The predicted molar refractivity (Wildman–Crippen MR) is 83.7 cm³/mol. The molecule has 0 unspecified atom stereocenters. The van der Waals surface area contributed by atoms with Gasteiger partial charge in [0.2, 0.25) is 5.91 Å². The van der Waals surface area contributed by atoms with Crippen molar-refractivity contribution in [2.75, 3.05) is 26.2 Å². The molecule has 1 aromatic carbocycles. The number of imide groups is 1. The van der Waals surface area contributed by atoms with E-state index in [0.29, 0.717) is 13.2 Å². The Morgan fingerprint density at radius 1 is 1.32 bits per heavy atom. The second-order valence-corrected chi connectivity index (χ2v) is 5.30. The summed E-state index contributed by atoms with van der Waals surface area (Å²) in [6, 6.07) is 9.41. The quantitative estimate of drug-likeness (QED) is 0.833. The minimum atomic E-state index is -0.441. The Bertz CT molecular complexity index is 493. The molecule has 22 heavy (non-hydrogen) atoms. The van der Waals surface area contributed by atoms with E-state index in [-0.39, 0.29) is 18.5 Å². The molecule has 1 saturated heterocycles. The van der Waals surface area contributed by atoms with E-state index in [1.165, 1.54) is 0 Å². The molecular formula is C16H23N3O3. The highest BCUT2D eigenvalue weighted by Crippen LogP contribution is 2.18. The normalized spacial score (nSPS) is 18.0. The Kier molecular flexibility index (Phi) is 6.21. The van der Waals surface area contributed by atoms with Gasteiger partial charge in [-0.05, 0) is 38.4 Å². The van der Waals surface area contributed by atoms with Gasteiger partial charge in [0.1, 0.15) is 12.4 Å². The van der Waals surface area contributed by atoms with Gasteiger partial charge in [-0.25, -0.2) is 4.79 Å².